The molecule has 2 aliphatic heterocycles. The Morgan fingerprint density at radius 1 is 1.39 bits per heavy atom. The number of hydrogen-bond acceptors (Lipinski definition) is 2. The highest BCUT2D eigenvalue weighted by Crippen LogP contribution is 2.33. The Kier molecular flexibility index (Phi) is 3.69. The molecule has 0 spiro atoms. The lowest BCUT2D eigenvalue weighted by molar-refractivity contribution is -0.125. The molecule has 3 unspecified atom stereocenters. The first-order valence-corrected chi connectivity index (χ1v) is 7.54. The zero-order valence-electron chi connectivity index (χ0n) is 11.1. The van der Waals surface area contributed by atoms with Gasteiger partial charge in [0.2, 0.25) is 5.91 Å². The summed E-state index contributed by atoms with van der Waals surface area (Å²) in [7, 11) is 0. The van der Waals surface area contributed by atoms with Crippen molar-refractivity contribution in [2.45, 2.75) is 63.5 Å². The van der Waals surface area contributed by atoms with Crippen molar-refractivity contribution in [3.05, 3.63) is 11.6 Å². The zero-order valence-corrected chi connectivity index (χ0v) is 11.1. The quantitative estimate of drug-likeness (QED) is 0.748. The second kappa shape index (κ2) is 5.43. The SMILES string of the molecule is O=C(NCCC1=CCCCC1)C1CC2CCC1N2. The highest BCUT2D eigenvalue weighted by atomic mass is 16.1. The van der Waals surface area contributed by atoms with E-state index in [2.05, 4.69) is 16.7 Å². The number of carbonyl (C=O) groups is 1. The van der Waals surface area contributed by atoms with Crippen molar-refractivity contribution in [3.8, 4) is 0 Å². The van der Waals surface area contributed by atoms with Gasteiger partial charge in [-0.25, -0.2) is 0 Å². The van der Waals surface area contributed by atoms with Crippen LogP contribution in [0.3, 0.4) is 0 Å². The lowest BCUT2D eigenvalue weighted by atomic mass is 9.88. The Labute approximate surface area is 109 Å². The molecule has 3 heteroatoms. The molecule has 18 heavy (non-hydrogen) atoms. The molecule has 1 aliphatic carbocycles. The number of allylic oxidation sites excluding steroid dienone is 1. The average Bonchev–Trinajstić information content (AvgIpc) is 3.02. The summed E-state index contributed by atoms with van der Waals surface area (Å²) in [5.74, 6) is 0.523. The molecule has 2 N–H and O–H groups in total. The molecule has 3 rings (SSSR count). The molecule has 0 aromatic rings. The summed E-state index contributed by atoms with van der Waals surface area (Å²) in [5.41, 5.74) is 1.55. The van der Waals surface area contributed by atoms with Crippen molar-refractivity contribution in [2.75, 3.05) is 6.54 Å². The minimum absolute atomic E-state index is 0.240. The number of hydrogen-bond donors (Lipinski definition) is 2. The molecule has 0 aromatic heterocycles. The van der Waals surface area contributed by atoms with E-state index < -0.39 is 0 Å². The summed E-state index contributed by atoms with van der Waals surface area (Å²) in [6.45, 7) is 0.832. The topological polar surface area (TPSA) is 41.1 Å². The van der Waals surface area contributed by atoms with Gasteiger partial charge in [-0.3, -0.25) is 4.79 Å². The fourth-order valence-corrected chi connectivity index (χ4v) is 3.72. The molecule has 3 aliphatic rings. The van der Waals surface area contributed by atoms with Gasteiger partial charge in [-0.15, -0.1) is 0 Å². The molecular weight excluding hydrogens is 224 g/mol. The number of fused-ring (bicyclic) bond motifs is 2. The van der Waals surface area contributed by atoms with E-state index in [0.717, 1.165) is 19.4 Å². The van der Waals surface area contributed by atoms with Gasteiger partial charge in [0.25, 0.3) is 0 Å². The Morgan fingerprint density at radius 2 is 2.33 bits per heavy atom. The first kappa shape index (κ1) is 12.2. The minimum Gasteiger partial charge on any atom is -0.355 e. The van der Waals surface area contributed by atoms with E-state index in [1.807, 2.05) is 0 Å². The van der Waals surface area contributed by atoms with Crippen LogP contribution in [0.5, 0.6) is 0 Å². The van der Waals surface area contributed by atoms with Gasteiger partial charge in [-0.2, -0.15) is 0 Å². The largest absolute Gasteiger partial charge is 0.355 e. The maximum Gasteiger partial charge on any atom is 0.224 e. The number of rotatable bonds is 4. The van der Waals surface area contributed by atoms with Gasteiger partial charge in [0.05, 0.1) is 5.92 Å². The highest BCUT2D eigenvalue weighted by molar-refractivity contribution is 5.80. The zero-order chi connectivity index (χ0) is 12.4. The molecule has 2 heterocycles. The monoisotopic (exact) mass is 248 g/mol. The van der Waals surface area contributed by atoms with Gasteiger partial charge in [0.15, 0.2) is 0 Å². The summed E-state index contributed by atoms with van der Waals surface area (Å²) in [6, 6.07) is 1.08. The van der Waals surface area contributed by atoms with Crippen molar-refractivity contribution in [3.63, 3.8) is 0 Å². The Morgan fingerprint density at radius 3 is 3.00 bits per heavy atom. The van der Waals surface area contributed by atoms with E-state index >= 15 is 0 Å². The van der Waals surface area contributed by atoms with Gasteiger partial charge in [0.1, 0.15) is 0 Å². The van der Waals surface area contributed by atoms with Crippen LogP contribution in [0.2, 0.25) is 0 Å². The molecule has 0 radical (unpaired) electrons. The van der Waals surface area contributed by atoms with Crippen LogP contribution in [0, 0.1) is 5.92 Å². The predicted molar refractivity (Wildman–Crippen MR) is 72.2 cm³/mol. The Balaban J connectivity index is 1.40. The maximum absolute atomic E-state index is 12.1. The van der Waals surface area contributed by atoms with Crippen molar-refractivity contribution in [1.82, 2.24) is 10.6 Å². The fraction of sp³-hybridized carbons (Fsp3) is 0.800. The van der Waals surface area contributed by atoms with Crippen LogP contribution in [0.15, 0.2) is 11.6 Å². The Bertz CT molecular complexity index is 350. The van der Waals surface area contributed by atoms with E-state index in [-0.39, 0.29) is 11.8 Å². The molecule has 2 fully saturated rings. The highest BCUT2D eigenvalue weighted by Gasteiger charge is 2.42. The van der Waals surface area contributed by atoms with Crippen molar-refractivity contribution >= 4 is 5.91 Å². The van der Waals surface area contributed by atoms with Crippen LogP contribution >= 0.6 is 0 Å². The van der Waals surface area contributed by atoms with Crippen molar-refractivity contribution in [2.24, 2.45) is 5.92 Å². The number of carbonyl (C=O) groups excluding carboxylic acids is 1. The smallest absolute Gasteiger partial charge is 0.224 e. The van der Waals surface area contributed by atoms with Crippen molar-refractivity contribution in [1.29, 1.82) is 0 Å². The van der Waals surface area contributed by atoms with Crippen LogP contribution in [0.25, 0.3) is 0 Å². The van der Waals surface area contributed by atoms with Crippen LogP contribution in [-0.2, 0) is 4.79 Å². The molecule has 3 nitrogen and oxygen atoms in total. The summed E-state index contributed by atoms with van der Waals surface area (Å²) < 4.78 is 0. The molecule has 0 saturated carbocycles. The third-order valence-electron chi connectivity index (χ3n) is 4.77. The number of amides is 1. The van der Waals surface area contributed by atoms with Crippen LogP contribution < -0.4 is 10.6 Å². The molecular formula is C15H24N2O. The lowest BCUT2D eigenvalue weighted by Gasteiger charge is -2.20. The average molecular weight is 248 g/mol. The van der Waals surface area contributed by atoms with E-state index in [4.69, 9.17) is 0 Å². The van der Waals surface area contributed by atoms with Crippen molar-refractivity contribution < 1.29 is 4.79 Å². The normalized spacial score (nSPS) is 34.4. The summed E-state index contributed by atoms with van der Waals surface area (Å²) in [6.07, 6.45) is 12.1. The van der Waals surface area contributed by atoms with E-state index in [0.29, 0.717) is 12.1 Å². The van der Waals surface area contributed by atoms with Gasteiger partial charge in [0, 0.05) is 18.6 Å². The number of nitrogens with one attached hydrogen (secondary N) is 2. The maximum atomic E-state index is 12.1. The van der Waals surface area contributed by atoms with Gasteiger partial charge < -0.3 is 10.6 Å². The minimum atomic E-state index is 0.240. The second-order valence-corrected chi connectivity index (χ2v) is 6.04. The van der Waals surface area contributed by atoms with Gasteiger partial charge >= 0.3 is 0 Å². The Hall–Kier alpha value is -0.830. The molecule has 100 valence electrons. The first-order chi connectivity index (χ1) is 8.83. The van der Waals surface area contributed by atoms with E-state index in [1.165, 1.54) is 38.5 Å². The molecule has 2 bridgehead atoms. The van der Waals surface area contributed by atoms with Gasteiger partial charge in [-0.1, -0.05) is 11.6 Å². The van der Waals surface area contributed by atoms with Crippen LogP contribution in [0.4, 0.5) is 0 Å². The van der Waals surface area contributed by atoms with Crippen LogP contribution in [0.1, 0.15) is 51.4 Å². The van der Waals surface area contributed by atoms with E-state index in [1.54, 1.807) is 5.57 Å². The third kappa shape index (κ3) is 2.61. The van der Waals surface area contributed by atoms with Gasteiger partial charge in [-0.05, 0) is 51.4 Å². The molecule has 2 saturated heterocycles. The molecule has 3 atom stereocenters. The van der Waals surface area contributed by atoms with Crippen LogP contribution in [-0.4, -0.2) is 24.5 Å². The summed E-state index contributed by atoms with van der Waals surface area (Å²) in [5, 5.41) is 6.66. The first-order valence-electron chi connectivity index (χ1n) is 7.54. The lowest BCUT2D eigenvalue weighted by Crippen LogP contribution is -2.38. The third-order valence-corrected chi connectivity index (χ3v) is 4.77. The summed E-state index contributed by atoms with van der Waals surface area (Å²) in [4.78, 5) is 12.1. The standard InChI is InChI=1S/C15H24N2O/c18-15(13-10-12-6-7-14(13)17-12)16-9-8-11-4-2-1-3-5-11/h4,12-14,17H,1-3,5-10H2,(H,16,18). The van der Waals surface area contributed by atoms with E-state index in [9.17, 15) is 4.79 Å². The second-order valence-electron chi connectivity index (χ2n) is 6.04. The fourth-order valence-electron chi connectivity index (χ4n) is 3.72. The molecule has 0 aromatic carbocycles. The molecule has 1 amide bonds. The predicted octanol–water partition coefficient (Wildman–Crippen LogP) is 2.13. The summed E-state index contributed by atoms with van der Waals surface area (Å²) >= 11 is 0.